The minimum atomic E-state index is -0.288. The molecule has 1 atom stereocenters. The lowest BCUT2D eigenvalue weighted by atomic mass is 9.90. The molecule has 2 rings (SSSR count). The third-order valence-electron chi connectivity index (χ3n) is 3.38. The van der Waals surface area contributed by atoms with E-state index in [1.807, 2.05) is 13.1 Å². The van der Waals surface area contributed by atoms with E-state index in [2.05, 4.69) is 30.2 Å². The van der Waals surface area contributed by atoms with Gasteiger partial charge in [0.25, 0.3) is 0 Å². The first kappa shape index (κ1) is 12.7. The summed E-state index contributed by atoms with van der Waals surface area (Å²) in [4.78, 5) is 27.4. The van der Waals surface area contributed by atoms with Gasteiger partial charge < -0.3 is 0 Å². The maximum atomic E-state index is 11.8. The number of nitrogens with zero attached hydrogens (tertiary/aromatic N) is 1. The Labute approximate surface area is 107 Å². The third-order valence-corrected chi connectivity index (χ3v) is 3.38. The molecule has 1 aromatic heterocycles. The highest BCUT2D eigenvalue weighted by Gasteiger charge is 2.30. The Morgan fingerprint density at radius 1 is 1.39 bits per heavy atom. The Morgan fingerprint density at radius 2 is 2.11 bits per heavy atom. The van der Waals surface area contributed by atoms with Crippen molar-refractivity contribution in [3.63, 3.8) is 0 Å². The van der Waals surface area contributed by atoms with E-state index in [9.17, 15) is 9.59 Å². The molecule has 1 unspecified atom stereocenters. The molecule has 1 N–H and O–H groups in total. The Bertz CT molecular complexity index is 495. The predicted molar refractivity (Wildman–Crippen MR) is 68.2 cm³/mol. The lowest BCUT2D eigenvalue weighted by Crippen LogP contribution is -2.40. The maximum Gasteiger partial charge on any atom is 0.235 e. The van der Waals surface area contributed by atoms with E-state index in [0.29, 0.717) is 18.8 Å². The Kier molecular flexibility index (Phi) is 3.45. The standard InChI is InChI=1S/C14H18N2O2/c1-8(2)10-6-9(3)13(15-7-10)11-4-5-12(17)16-14(11)18/h6-8,11H,4-5H2,1-3H3,(H,16,17,18). The Balaban J connectivity index is 2.28. The molecule has 0 saturated carbocycles. The summed E-state index contributed by atoms with van der Waals surface area (Å²) in [5, 5.41) is 2.37. The zero-order valence-corrected chi connectivity index (χ0v) is 11.0. The van der Waals surface area contributed by atoms with E-state index in [1.54, 1.807) is 0 Å². The molecule has 0 radical (unpaired) electrons. The van der Waals surface area contributed by atoms with Crippen LogP contribution in [0, 0.1) is 6.92 Å². The van der Waals surface area contributed by atoms with Crippen molar-refractivity contribution in [2.75, 3.05) is 0 Å². The molecule has 1 aromatic rings. The van der Waals surface area contributed by atoms with Crippen LogP contribution in [0.1, 0.15) is 55.3 Å². The molecule has 0 spiro atoms. The Hall–Kier alpha value is -1.71. The van der Waals surface area contributed by atoms with Gasteiger partial charge in [-0.3, -0.25) is 19.9 Å². The van der Waals surface area contributed by atoms with E-state index < -0.39 is 0 Å². The number of nitrogens with one attached hydrogen (secondary N) is 1. The summed E-state index contributed by atoms with van der Waals surface area (Å²) in [6, 6.07) is 2.08. The molecular weight excluding hydrogens is 228 g/mol. The average molecular weight is 246 g/mol. The molecule has 0 aromatic carbocycles. The molecule has 1 fully saturated rings. The molecule has 1 aliphatic rings. The van der Waals surface area contributed by atoms with Crippen molar-refractivity contribution in [2.24, 2.45) is 0 Å². The van der Waals surface area contributed by atoms with Crippen LogP contribution in [0.3, 0.4) is 0 Å². The molecule has 0 bridgehead atoms. The summed E-state index contributed by atoms with van der Waals surface area (Å²) in [6.45, 7) is 6.20. The molecule has 2 amide bonds. The van der Waals surface area contributed by atoms with E-state index in [0.717, 1.165) is 11.3 Å². The summed E-state index contributed by atoms with van der Waals surface area (Å²) < 4.78 is 0. The van der Waals surface area contributed by atoms with Crippen molar-refractivity contribution in [3.8, 4) is 0 Å². The molecule has 4 heteroatoms. The largest absolute Gasteiger partial charge is 0.296 e. The summed E-state index contributed by atoms with van der Waals surface area (Å²) in [7, 11) is 0. The highest BCUT2D eigenvalue weighted by atomic mass is 16.2. The van der Waals surface area contributed by atoms with Gasteiger partial charge in [0.05, 0.1) is 11.6 Å². The summed E-state index contributed by atoms with van der Waals surface area (Å²) in [5.41, 5.74) is 2.99. The number of amides is 2. The van der Waals surface area contributed by atoms with Crippen LogP contribution in [0.4, 0.5) is 0 Å². The molecular formula is C14H18N2O2. The van der Waals surface area contributed by atoms with Crippen LogP contribution in [-0.2, 0) is 9.59 Å². The average Bonchev–Trinajstić information content (AvgIpc) is 2.30. The number of carbonyl (C=O) groups excluding carboxylic acids is 2. The van der Waals surface area contributed by atoms with Gasteiger partial charge >= 0.3 is 0 Å². The van der Waals surface area contributed by atoms with Crippen molar-refractivity contribution in [1.82, 2.24) is 10.3 Å². The van der Waals surface area contributed by atoms with Gasteiger partial charge in [-0.2, -0.15) is 0 Å². The number of hydrogen-bond donors (Lipinski definition) is 1. The Morgan fingerprint density at radius 3 is 2.67 bits per heavy atom. The number of piperidine rings is 1. The van der Waals surface area contributed by atoms with Crippen LogP contribution in [0.25, 0.3) is 0 Å². The van der Waals surface area contributed by atoms with Gasteiger partial charge in [0.2, 0.25) is 11.8 Å². The first-order valence-electron chi connectivity index (χ1n) is 6.29. The van der Waals surface area contributed by atoms with Crippen LogP contribution >= 0.6 is 0 Å². The quantitative estimate of drug-likeness (QED) is 0.812. The molecule has 4 nitrogen and oxygen atoms in total. The highest BCUT2D eigenvalue weighted by molar-refractivity contribution is 6.00. The van der Waals surface area contributed by atoms with Crippen LogP contribution in [0.15, 0.2) is 12.3 Å². The summed E-state index contributed by atoms with van der Waals surface area (Å²) >= 11 is 0. The molecule has 18 heavy (non-hydrogen) atoms. The summed E-state index contributed by atoms with van der Waals surface area (Å²) in [6.07, 6.45) is 2.78. The number of imide groups is 1. The molecule has 96 valence electrons. The number of aromatic nitrogens is 1. The van der Waals surface area contributed by atoms with E-state index >= 15 is 0 Å². The fraction of sp³-hybridized carbons (Fsp3) is 0.500. The monoisotopic (exact) mass is 246 g/mol. The van der Waals surface area contributed by atoms with Crippen molar-refractivity contribution in [2.45, 2.75) is 45.4 Å². The van der Waals surface area contributed by atoms with Gasteiger partial charge in [-0.25, -0.2) is 0 Å². The lowest BCUT2D eigenvalue weighted by molar-refractivity contribution is -0.134. The van der Waals surface area contributed by atoms with Crippen molar-refractivity contribution < 1.29 is 9.59 Å². The second-order valence-corrected chi connectivity index (χ2v) is 5.13. The topological polar surface area (TPSA) is 59.1 Å². The van der Waals surface area contributed by atoms with Crippen molar-refractivity contribution in [3.05, 3.63) is 29.1 Å². The third kappa shape index (κ3) is 2.42. The minimum Gasteiger partial charge on any atom is -0.296 e. The van der Waals surface area contributed by atoms with Gasteiger partial charge in [-0.15, -0.1) is 0 Å². The van der Waals surface area contributed by atoms with Crippen molar-refractivity contribution in [1.29, 1.82) is 0 Å². The van der Waals surface area contributed by atoms with Gasteiger partial charge in [0, 0.05) is 12.6 Å². The lowest BCUT2D eigenvalue weighted by Gasteiger charge is -2.22. The molecule has 2 heterocycles. The van der Waals surface area contributed by atoms with E-state index in [1.165, 1.54) is 5.56 Å². The fourth-order valence-electron chi connectivity index (χ4n) is 2.24. The van der Waals surface area contributed by atoms with Crippen LogP contribution < -0.4 is 5.32 Å². The van der Waals surface area contributed by atoms with E-state index in [4.69, 9.17) is 0 Å². The first-order valence-corrected chi connectivity index (χ1v) is 6.29. The van der Waals surface area contributed by atoms with E-state index in [-0.39, 0.29) is 17.7 Å². The number of carbonyl (C=O) groups is 2. The van der Waals surface area contributed by atoms with Crippen LogP contribution in [0.5, 0.6) is 0 Å². The number of rotatable bonds is 2. The van der Waals surface area contributed by atoms with Gasteiger partial charge in [0.15, 0.2) is 0 Å². The zero-order chi connectivity index (χ0) is 13.3. The predicted octanol–water partition coefficient (Wildman–Crippen LogP) is 2.03. The second kappa shape index (κ2) is 4.88. The highest BCUT2D eigenvalue weighted by Crippen LogP contribution is 2.27. The first-order chi connectivity index (χ1) is 8.49. The van der Waals surface area contributed by atoms with Gasteiger partial charge in [-0.1, -0.05) is 19.9 Å². The second-order valence-electron chi connectivity index (χ2n) is 5.13. The van der Waals surface area contributed by atoms with Gasteiger partial charge in [0.1, 0.15) is 0 Å². The number of pyridine rings is 1. The minimum absolute atomic E-state index is 0.187. The number of hydrogen-bond acceptors (Lipinski definition) is 3. The molecule has 1 saturated heterocycles. The maximum absolute atomic E-state index is 11.8. The SMILES string of the molecule is Cc1cc(C(C)C)cnc1C1CCC(=O)NC1=O. The normalized spacial score (nSPS) is 20.1. The smallest absolute Gasteiger partial charge is 0.235 e. The molecule has 0 aliphatic carbocycles. The fourth-order valence-corrected chi connectivity index (χ4v) is 2.24. The zero-order valence-electron chi connectivity index (χ0n) is 11.0. The summed E-state index contributed by atoms with van der Waals surface area (Å²) in [5.74, 6) is -0.275. The van der Waals surface area contributed by atoms with Crippen LogP contribution in [0.2, 0.25) is 0 Å². The number of aryl methyl sites for hydroxylation is 1. The van der Waals surface area contributed by atoms with Crippen LogP contribution in [-0.4, -0.2) is 16.8 Å². The molecule has 1 aliphatic heterocycles. The van der Waals surface area contributed by atoms with Gasteiger partial charge in [-0.05, 0) is 30.4 Å². The van der Waals surface area contributed by atoms with Crippen molar-refractivity contribution >= 4 is 11.8 Å².